The Morgan fingerprint density at radius 3 is 2.21 bits per heavy atom. The average molecular weight is 358 g/mol. The number of hydrogen-bond donors (Lipinski definition) is 2. The molecule has 0 spiro atoms. The first-order valence-electron chi connectivity index (χ1n) is 6.70. The van der Waals surface area contributed by atoms with Crippen LogP contribution in [0.25, 0.3) is 0 Å². The van der Waals surface area contributed by atoms with E-state index in [4.69, 9.17) is 0 Å². The van der Waals surface area contributed by atoms with Gasteiger partial charge in [0.25, 0.3) is 0 Å². The zero-order chi connectivity index (χ0) is 17.9. The topological polar surface area (TPSA) is 75.3 Å². The summed E-state index contributed by atoms with van der Waals surface area (Å²) in [4.78, 5) is 10.8. The zero-order valence-electron chi connectivity index (χ0n) is 12.4. The Morgan fingerprint density at radius 2 is 1.62 bits per heavy atom. The summed E-state index contributed by atoms with van der Waals surface area (Å²) in [5.41, 5.74) is 0.0837. The number of nitrogens with one attached hydrogen (secondary N) is 2. The maximum atomic E-state index is 13.5. The Bertz CT molecular complexity index is 868. The van der Waals surface area contributed by atoms with Crippen molar-refractivity contribution in [1.82, 2.24) is 4.72 Å². The molecule has 0 radical (unpaired) electrons. The fourth-order valence-electron chi connectivity index (χ4n) is 1.88. The standard InChI is InChI=1S/C15H13F3N2O3S/c1-9(21)20-11-3-5-12(6-4-11)24(22,23)19-8-10-2-7-13(16)15(18)14(10)17/h2-7,19H,8H2,1H3,(H,20,21). The molecule has 0 heterocycles. The van der Waals surface area contributed by atoms with Crippen molar-refractivity contribution in [2.24, 2.45) is 0 Å². The maximum Gasteiger partial charge on any atom is 0.240 e. The highest BCUT2D eigenvalue weighted by atomic mass is 32.2. The van der Waals surface area contributed by atoms with Gasteiger partial charge in [0, 0.05) is 24.7 Å². The predicted octanol–water partition coefficient (Wildman–Crippen LogP) is 2.54. The van der Waals surface area contributed by atoms with Crippen molar-refractivity contribution in [3.05, 3.63) is 59.4 Å². The monoisotopic (exact) mass is 358 g/mol. The highest BCUT2D eigenvalue weighted by Gasteiger charge is 2.17. The summed E-state index contributed by atoms with van der Waals surface area (Å²) < 4.78 is 65.8. The number of carbonyl (C=O) groups is 1. The summed E-state index contributed by atoms with van der Waals surface area (Å²) in [7, 11) is -3.99. The molecule has 5 nitrogen and oxygen atoms in total. The van der Waals surface area contributed by atoms with Crippen LogP contribution in [0.2, 0.25) is 0 Å². The second-order valence-corrected chi connectivity index (χ2v) is 6.63. The van der Waals surface area contributed by atoms with Crippen LogP contribution in [-0.4, -0.2) is 14.3 Å². The maximum absolute atomic E-state index is 13.5. The van der Waals surface area contributed by atoms with E-state index >= 15 is 0 Å². The second-order valence-electron chi connectivity index (χ2n) is 4.86. The molecule has 2 aromatic carbocycles. The number of hydrogen-bond acceptors (Lipinski definition) is 3. The minimum Gasteiger partial charge on any atom is -0.326 e. The predicted molar refractivity (Wildman–Crippen MR) is 81.1 cm³/mol. The molecule has 1 amide bonds. The molecule has 0 bridgehead atoms. The van der Waals surface area contributed by atoms with Gasteiger partial charge in [0.1, 0.15) is 0 Å². The number of amides is 1. The Kier molecular flexibility index (Phi) is 5.25. The van der Waals surface area contributed by atoms with E-state index in [0.29, 0.717) is 11.8 Å². The molecule has 0 aliphatic heterocycles. The molecule has 0 saturated carbocycles. The third kappa shape index (κ3) is 4.12. The van der Waals surface area contributed by atoms with E-state index in [1.807, 2.05) is 0 Å². The molecule has 0 fully saturated rings. The molecule has 0 aliphatic carbocycles. The third-order valence-electron chi connectivity index (χ3n) is 3.05. The largest absolute Gasteiger partial charge is 0.326 e. The Hall–Kier alpha value is -2.39. The molecule has 2 rings (SSSR count). The van der Waals surface area contributed by atoms with Gasteiger partial charge in [-0.25, -0.2) is 26.3 Å². The summed E-state index contributed by atoms with van der Waals surface area (Å²) >= 11 is 0. The molecule has 0 aromatic heterocycles. The lowest BCUT2D eigenvalue weighted by molar-refractivity contribution is -0.114. The quantitative estimate of drug-likeness (QED) is 0.807. The smallest absolute Gasteiger partial charge is 0.240 e. The van der Waals surface area contributed by atoms with Gasteiger partial charge in [-0.15, -0.1) is 0 Å². The SMILES string of the molecule is CC(=O)Nc1ccc(S(=O)(=O)NCc2ccc(F)c(F)c2F)cc1. The highest BCUT2D eigenvalue weighted by molar-refractivity contribution is 7.89. The van der Waals surface area contributed by atoms with Gasteiger partial charge in [-0.3, -0.25) is 4.79 Å². The van der Waals surface area contributed by atoms with Crippen LogP contribution in [0.1, 0.15) is 12.5 Å². The first kappa shape index (κ1) is 18.0. The molecule has 0 atom stereocenters. The fraction of sp³-hybridized carbons (Fsp3) is 0.133. The second kappa shape index (κ2) is 7.02. The van der Waals surface area contributed by atoms with Crippen LogP contribution in [0.15, 0.2) is 41.3 Å². The van der Waals surface area contributed by atoms with Crippen LogP contribution in [0, 0.1) is 17.5 Å². The van der Waals surface area contributed by atoms with E-state index in [1.54, 1.807) is 0 Å². The van der Waals surface area contributed by atoms with Crippen molar-refractivity contribution in [3.63, 3.8) is 0 Å². The van der Waals surface area contributed by atoms with Gasteiger partial charge in [0.2, 0.25) is 15.9 Å². The highest BCUT2D eigenvalue weighted by Crippen LogP contribution is 2.17. The van der Waals surface area contributed by atoms with Crippen LogP contribution in [0.5, 0.6) is 0 Å². The number of carbonyl (C=O) groups excluding carboxylic acids is 1. The van der Waals surface area contributed by atoms with E-state index in [2.05, 4.69) is 10.0 Å². The molecule has 2 aromatic rings. The van der Waals surface area contributed by atoms with Crippen LogP contribution in [0.3, 0.4) is 0 Å². The van der Waals surface area contributed by atoms with Crippen molar-refractivity contribution in [2.75, 3.05) is 5.32 Å². The lowest BCUT2D eigenvalue weighted by atomic mass is 10.2. The van der Waals surface area contributed by atoms with Gasteiger partial charge in [0.15, 0.2) is 17.5 Å². The average Bonchev–Trinajstić information content (AvgIpc) is 2.52. The lowest BCUT2D eigenvalue weighted by Crippen LogP contribution is -2.24. The lowest BCUT2D eigenvalue weighted by Gasteiger charge is -2.09. The molecular weight excluding hydrogens is 345 g/mol. The normalized spacial score (nSPS) is 11.3. The molecule has 0 aliphatic rings. The molecular formula is C15H13F3N2O3S. The van der Waals surface area contributed by atoms with Crippen molar-refractivity contribution in [1.29, 1.82) is 0 Å². The minimum absolute atomic E-state index is 0.125. The summed E-state index contributed by atoms with van der Waals surface area (Å²) in [6.45, 7) is 0.765. The molecule has 0 saturated heterocycles. The number of anilines is 1. The third-order valence-corrected chi connectivity index (χ3v) is 4.47. The van der Waals surface area contributed by atoms with E-state index in [9.17, 15) is 26.4 Å². The summed E-state index contributed by atoms with van der Waals surface area (Å²) in [6, 6.07) is 6.92. The van der Waals surface area contributed by atoms with Gasteiger partial charge in [0.05, 0.1) is 4.90 Å². The minimum atomic E-state index is -3.99. The number of benzene rings is 2. The van der Waals surface area contributed by atoms with Gasteiger partial charge >= 0.3 is 0 Å². The fourth-order valence-corrected chi connectivity index (χ4v) is 2.89. The molecule has 2 N–H and O–H groups in total. The first-order chi connectivity index (χ1) is 11.2. The number of halogens is 3. The Morgan fingerprint density at radius 1 is 1.00 bits per heavy atom. The van der Waals surface area contributed by atoms with Crippen LogP contribution >= 0.6 is 0 Å². The van der Waals surface area contributed by atoms with Crippen LogP contribution in [-0.2, 0) is 21.4 Å². The molecule has 24 heavy (non-hydrogen) atoms. The molecule has 128 valence electrons. The number of rotatable bonds is 5. The summed E-state index contributed by atoms with van der Waals surface area (Å²) in [5, 5.41) is 2.48. The van der Waals surface area contributed by atoms with Crippen molar-refractivity contribution in [3.8, 4) is 0 Å². The van der Waals surface area contributed by atoms with Crippen molar-refractivity contribution in [2.45, 2.75) is 18.4 Å². The van der Waals surface area contributed by atoms with Gasteiger partial charge in [-0.2, -0.15) is 0 Å². The van der Waals surface area contributed by atoms with E-state index < -0.39 is 34.0 Å². The number of sulfonamides is 1. The van der Waals surface area contributed by atoms with Gasteiger partial charge in [-0.05, 0) is 30.3 Å². The zero-order valence-corrected chi connectivity index (χ0v) is 13.3. The van der Waals surface area contributed by atoms with Crippen LogP contribution < -0.4 is 10.0 Å². The Balaban J connectivity index is 2.14. The van der Waals surface area contributed by atoms with Crippen molar-refractivity contribution >= 4 is 21.6 Å². The van der Waals surface area contributed by atoms with E-state index in [-0.39, 0.29) is 16.4 Å². The van der Waals surface area contributed by atoms with Gasteiger partial charge in [-0.1, -0.05) is 6.07 Å². The van der Waals surface area contributed by atoms with Crippen LogP contribution in [0.4, 0.5) is 18.9 Å². The molecule has 0 unspecified atom stereocenters. The first-order valence-corrected chi connectivity index (χ1v) is 8.18. The summed E-state index contributed by atoms with van der Waals surface area (Å²) in [6.07, 6.45) is 0. The van der Waals surface area contributed by atoms with Crippen molar-refractivity contribution < 1.29 is 26.4 Å². The Labute approximate surface area is 136 Å². The molecule has 9 heteroatoms. The van der Waals surface area contributed by atoms with Gasteiger partial charge < -0.3 is 5.32 Å². The summed E-state index contributed by atoms with van der Waals surface area (Å²) in [5.74, 6) is -4.77. The van der Waals surface area contributed by atoms with E-state index in [1.165, 1.54) is 31.2 Å². The van der Waals surface area contributed by atoms with E-state index in [0.717, 1.165) is 6.07 Å².